The van der Waals surface area contributed by atoms with Crippen molar-refractivity contribution in [1.29, 1.82) is 0 Å². The first-order chi connectivity index (χ1) is 21.0. The van der Waals surface area contributed by atoms with Crippen molar-refractivity contribution in [2.24, 2.45) is 5.92 Å². The number of benzene rings is 3. The molecular weight excluding hydrogens is 597 g/mol. The number of alkyl halides is 3. The Labute approximate surface area is 254 Å². The highest BCUT2D eigenvalue weighted by Gasteiger charge is 2.38. The number of carbonyl (C=O) groups excluding carboxylic acids is 1. The fourth-order valence-corrected chi connectivity index (χ4v) is 7.93. The Kier molecular flexibility index (Phi) is 8.26. The van der Waals surface area contributed by atoms with E-state index < -0.39 is 27.7 Å². The van der Waals surface area contributed by atoms with Gasteiger partial charge in [-0.05, 0) is 78.1 Å². The molecule has 1 fully saturated rings. The summed E-state index contributed by atoms with van der Waals surface area (Å²) in [6.07, 6.45) is -2.73. The lowest BCUT2D eigenvalue weighted by molar-refractivity contribution is -0.141. The molecule has 11 heteroatoms. The average Bonchev–Trinajstić information content (AvgIpc) is 3.59. The molecule has 3 aromatic rings. The van der Waals surface area contributed by atoms with Gasteiger partial charge in [0.15, 0.2) is 0 Å². The SMILES string of the molecule is COC(=O)CC1COc2cc(OC3CCc4c3ccc(C(F)(F)F)c4-c3ccc(OCC4CCS(=O)(=O)CC4)cc3)ccc21. The van der Waals surface area contributed by atoms with Crippen molar-refractivity contribution >= 4 is 15.8 Å². The Morgan fingerprint density at radius 3 is 2.36 bits per heavy atom. The minimum Gasteiger partial charge on any atom is -0.493 e. The van der Waals surface area contributed by atoms with Crippen molar-refractivity contribution in [1.82, 2.24) is 0 Å². The lowest BCUT2D eigenvalue weighted by Gasteiger charge is -2.22. The zero-order valence-electron chi connectivity index (χ0n) is 24.2. The molecule has 2 aliphatic heterocycles. The summed E-state index contributed by atoms with van der Waals surface area (Å²) < 4.78 is 88.8. The van der Waals surface area contributed by atoms with Crippen LogP contribution in [0.2, 0.25) is 0 Å². The number of methoxy groups -OCH3 is 1. The van der Waals surface area contributed by atoms with Crippen molar-refractivity contribution in [2.45, 2.75) is 50.3 Å². The predicted molar refractivity (Wildman–Crippen MR) is 157 cm³/mol. The van der Waals surface area contributed by atoms with Crippen molar-refractivity contribution in [2.75, 3.05) is 31.8 Å². The number of halogens is 3. The summed E-state index contributed by atoms with van der Waals surface area (Å²) in [6.45, 7) is 0.723. The fourth-order valence-electron chi connectivity index (χ4n) is 6.34. The van der Waals surface area contributed by atoms with Crippen LogP contribution in [0.4, 0.5) is 13.2 Å². The molecule has 2 atom stereocenters. The summed E-state index contributed by atoms with van der Waals surface area (Å²) in [5.74, 6) is 1.70. The van der Waals surface area contributed by atoms with Crippen LogP contribution in [0, 0.1) is 5.92 Å². The first-order valence-corrected chi connectivity index (χ1v) is 16.5. The van der Waals surface area contributed by atoms with E-state index in [1.54, 1.807) is 36.4 Å². The molecule has 6 rings (SSSR count). The summed E-state index contributed by atoms with van der Waals surface area (Å²) in [6, 6.07) is 14.7. The molecule has 234 valence electrons. The van der Waals surface area contributed by atoms with Gasteiger partial charge in [-0.1, -0.05) is 24.3 Å². The van der Waals surface area contributed by atoms with Crippen molar-refractivity contribution in [3.63, 3.8) is 0 Å². The monoisotopic (exact) mass is 630 g/mol. The van der Waals surface area contributed by atoms with E-state index in [-0.39, 0.29) is 41.3 Å². The van der Waals surface area contributed by atoms with Crippen molar-refractivity contribution < 1.29 is 45.3 Å². The van der Waals surface area contributed by atoms with Gasteiger partial charge < -0.3 is 18.9 Å². The molecule has 0 amide bonds. The standard InChI is InChI=1S/C33H33F3O7S/c1-40-31(37)16-22-19-42-30-17-24(6-7-25(22)30)43-29-11-9-27-26(29)8-10-28(33(34,35)36)32(27)21-2-4-23(5-3-21)41-18-20-12-14-44(38,39)15-13-20/h2-8,10,17,20,22,29H,9,11-16,18-19H2,1H3. The minimum absolute atomic E-state index is 0.107. The molecule has 44 heavy (non-hydrogen) atoms. The Morgan fingerprint density at radius 1 is 0.955 bits per heavy atom. The lowest BCUT2D eigenvalue weighted by Crippen LogP contribution is -2.26. The molecule has 3 aromatic carbocycles. The van der Waals surface area contributed by atoms with Crippen LogP contribution in [-0.4, -0.2) is 46.2 Å². The third kappa shape index (κ3) is 6.38. The van der Waals surface area contributed by atoms with Crippen LogP contribution in [0.5, 0.6) is 17.2 Å². The Hall–Kier alpha value is -3.73. The maximum absolute atomic E-state index is 14.2. The van der Waals surface area contributed by atoms with Gasteiger partial charge in [0, 0.05) is 17.5 Å². The van der Waals surface area contributed by atoms with E-state index >= 15 is 0 Å². The van der Waals surface area contributed by atoms with Crippen LogP contribution >= 0.6 is 0 Å². The van der Waals surface area contributed by atoms with E-state index in [1.165, 1.54) is 13.2 Å². The Morgan fingerprint density at radius 2 is 1.66 bits per heavy atom. The molecule has 0 aromatic heterocycles. The number of fused-ring (bicyclic) bond motifs is 2. The lowest BCUT2D eigenvalue weighted by atomic mass is 9.91. The van der Waals surface area contributed by atoms with Crippen LogP contribution in [0.1, 0.15) is 60.0 Å². The second-order valence-corrected chi connectivity index (χ2v) is 13.9. The van der Waals surface area contributed by atoms with Gasteiger partial charge in [0.1, 0.15) is 33.2 Å². The largest absolute Gasteiger partial charge is 0.493 e. The number of carbonyl (C=O) groups is 1. The second-order valence-electron chi connectivity index (χ2n) is 11.6. The van der Waals surface area contributed by atoms with Crippen molar-refractivity contribution in [3.05, 3.63) is 76.9 Å². The van der Waals surface area contributed by atoms with Gasteiger partial charge in [0.2, 0.25) is 0 Å². The fraction of sp³-hybridized carbons (Fsp3) is 0.424. The highest BCUT2D eigenvalue weighted by Crippen LogP contribution is 2.47. The second kappa shape index (κ2) is 12.0. The first-order valence-electron chi connectivity index (χ1n) is 14.7. The number of hydrogen-bond donors (Lipinski definition) is 0. The van der Waals surface area contributed by atoms with E-state index in [0.29, 0.717) is 72.8 Å². The highest BCUT2D eigenvalue weighted by atomic mass is 32.2. The summed E-state index contributed by atoms with van der Waals surface area (Å²) in [7, 11) is -1.62. The smallest absolute Gasteiger partial charge is 0.417 e. The van der Waals surface area contributed by atoms with Gasteiger partial charge in [-0.15, -0.1) is 0 Å². The molecular formula is C33H33F3O7S. The summed E-state index contributed by atoms with van der Waals surface area (Å²) in [5.41, 5.74) is 2.10. The number of sulfone groups is 1. The van der Waals surface area contributed by atoms with E-state index in [2.05, 4.69) is 0 Å². The molecule has 2 heterocycles. The Bertz CT molecular complexity index is 1640. The summed E-state index contributed by atoms with van der Waals surface area (Å²) >= 11 is 0. The summed E-state index contributed by atoms with van der Waals surface area (Å²) in [4.78, 5) is 11.7. The first kappa shape index (κ1) is 30.3. The molecule has 0 bridgehead atoms. The minimum atomic E-state index is -4.54. The maximum atomic E-state index is 14.2. The maximum Gasteiger partial charge on any atom is 0.417 e. The quantitative estimate of drug-likeness (QED) is 0.257. The van der Waals surface area contributed by atoms with E-state index in [0.717, 1.165) is 11.6 Å². The van der Waals surface area contributed by atoms with Crippen LogP contribution in [0.25, 0.3) is 11.1 Å². The molecule has 0 saturated carbocycles. The zero-order valence-corrected chi connectivity index (χ0v) is 25.0. The molecule has 7 nitrogen and oxygen atoms in total. The number of hydrogen-bond acceptors (Lipinski definition) is 7. The predicted octanol–water partition coefficient (Wildman–Crippen LogP) is 6.68. The van der Waals surface area contributed by atoms with Gasteiger partial charge in [0.05, 0.1) is 43.8 Å². The van der Waals surface area contributed by atoms with E-state index in [9.17, 15) is 26.4 Å². The van der Waals surface area contributed by atoms with Crippen LogP contribution < -0.4 is 14.2 Å². The van der Waals surface area contributed by atoms with Gasteiger partial charge in [-0.25, -0.2) is 8.42 Å². The molecule has 0 N–H and O–H groups in total. The molecule has 0 spiro atoms. The molecule has 1 saturated heterocycles. The van der Waals surface area contributed by atoms with Crippen LogP contribution in [0.3, 0.4) is 0 Å². The molecule has 0 radical (unpaired) electrons. The molecule has 3 aliphatic rings. The summed E-state index contributed by atoms with van der Waals surface area (Å²) in [5, 5.41) is 0. The number of ether oxygens (including phenoxy) is 4. The highest BCUT2D eigenvalue weighted by molar-refractivity contribution is 7.91. The van der Waals surface area contributed by atoms with E-state index in [1.807, 2.05) is 6.07 Å². The van der Waals surface area contributed by atoms with Gasteiger partial charge in [0.25, 0.3) is 0 Å². The zero-order chi connectivity index (χ0) is 31.1. The average molecular weight is 631 g/mol. The van der Waals surface area contributed by atoms with Gasteiger partial charge in [-0.3, -0.25) is 4.79 Å². The van der Waals surface area contributed by atoms with Gasteiger partial charge >= 0.3 is 12.1 Å². The number of rotatable bonds is 8. The normalized spacial score (nSPS) is 20.8. The third-order valence-electron chi connectivity index (χ3n) is 8.74. The van der Waals surface area contributed by atoms with Gasteiger partial charge in [-0.2, -0.15) is 13.2 Å². The number of esters is 1. The molecule has 1 aliphatic carbocycles. The van der Waals surface area contributed by atoms with Crippen LogP contribution in [0.15, 0.2) is 54.6 Å². The Balaban J connectivity index is 1.20. The van der Waals surface area contributed by atoms with Crippen molar-refractivity contribution in [3.8, 4) is 28.4 Å². The van der Waals surface area contributed by atoms with Crippen LogP contribution in [-0.2, 0) is 32.0 Å². The third-order valence-corrected chi connectivity index (χ3v) is 10.5. The topological polar surface area (TPSA) is 88.1 Å². The molecule has 2 unspecified atom stereocenters. The van der Waals surface area contributed by atoms with E-state index in [4.69, 9.17) is 18.9 Å².